The molecule has 11 rings (SSSR count). The van der Waals surface area contributed by atoms with Crippen LogP contribution in [0.25, 0.3) is 22.3 Å². The van der Waals surface area contributed by atoms with Gasteiger partial charge >= 0.3 is 5.97 Å². The quantitative estimate of drug-likeness (QED) is 0.0400. The van der Waals surface area contributed by atoms with E-state index in [-0.39, 0.29) is 74.9 Å². The summed E-state index contributed by atoms with van der Waals surface area (Å²) in [5.74, 6) is -1.27. The first-order valence-corrected chi connectivity index (χ1v) is 27.7. The van der Waals surface area contributed by atoms with Gasteiger partial charge in [0, 0.05) is 90.0 Å². The molecule has 24 heteroatoms. The molecule has 5 fully saturated rings. The second kappa shape index (κ2) is 25.6. The van der Waals surface area contributed by atoms with Crippen molar-refractivity contribution in [1.82, 2.24) is 48.8 Å². The Morgan fingerprint density at radius 3 is 1.38 bits per heavy atom. The number of anilines is 6. The lowest BCUT2D eigenvalue weighted by molar-refractivity contribution is -0.143. The van der Waals surface area contributed by atoms with E-state index in [1.807, 2.05) is 14.0 Å². The Hall–Kier alpha value is -6.66. The molecule has 4 saturated carbocycles. The van der Waals surface area contributed by atoms with Crippen molar-refractivity contribution in [3.63, 3.8) is 0 Å². The van der Waals surface area contributed by atoms with Gasteiger partial charge in [-0.3, -0.25) is 18.7 Å². The summed E-state index contributed by atoms with van der Waals surface area (Å²) in [5.41, 5.74) is 2.51. The van der Waals surface area contributed by atoms with Crippen molar-refractivity contribution < 1.29 is 42.5 Å². The summed E-state index contributed by atoms with van der Waals surface area (Å²) in [6.45, 7) is 3.77. The molecule has 5 heterocycles. The third-order valence-corrected chi connectivity index (χ3v) is 16.7. The number of hydrogen-bond donors (Lipinski definition) is 7. The standard InChI is InChI=1S/C30H40F2N8O2.C25H30F2N6O3.B/c1-38-12-14-39(15-13-38)28(42)20-4-9-23(10-5-20)40-27-26(36-30(40)35-25-11-6-21(31)16-24(25)32)17-33-29(37-27)34-22-7-2-19(18-41)3-8-22;26-16-5-10-20(19(27)11-16)30-25-31-21-12-28-24(29-17-6-1-14(13-34)2-7-17)32-22(21)33(25)18-8-3-15(4-9-18)23(35)36;/h6,11,16-17,19-20,22-23,41H,2-5,7-10,12-15,18H2,1H3,(H,35,36)(H,33,34,37);5,10-12,14-15,17-18,34H,1-4,6-9,13H2,(H,30,31)(H,35,36)(H,28,29,32);. The van der Waals surface area contributed by atoms with Crippen molar-refractivity contribution in [1.29, 1.82) is 0 Å². The average molecular weight is 1090 g/mol. The lowest BCUT2D eigenvalue weighted by Gasteiger charge is -2.37. The minimum Gasteiger partial charge on any atom is -0.481 e. The zero-order valence-electron chi connectivity index (χ0n) is 44.5. The summed E-state index contributed by atoms with van der Waals surface area (Å²) >= 11 is 0. The maximum Gasteiger partial charge on any atom is 0.306 e. The fourth-order valence-corrected chi connectivity index (χ4v) is 12.0. The molecular weight excluding hydrogens is 1020 g/mol. The molecule has 79 heavy (non-hydrogen) atoms. The third kappa shape index (κ3) is 13.5. The summed E-state index contributed by atoms with van der Waals surface area (Å²) in [7, 11) is 2.08. The number of aliphatic hydroxyl groups excluding tert-OH is 2. The molecule has 6 aromatic rings. The fraction of sp³-hybridized carbons (Fsp3) is 0.564. The number of nitrogens with one attached hydrogen (secondary N) is 4. The van der Waals surface area contributed by atoms with Gasteiger partial charge in [0.25, 0.3) is 0 Å². The Morgan fingerprint density at radius 2 is 0.987 bits per heavy atom. The first-order valence-electron chi connectivity index (χ1n) is 27.7. The van der Waals surface area contributed by atoms with Crippen LogP contribution in [-0.2, 0) is 9.59 Å². The summed E-state index contributed by atoms with van der Waals surface area (Å²) in [6.07, 6.45) is 16.1. The van der Waals surface area contributed by atoms with Gasteiger partial charge in [-0.15, -0.1) is 0 Å². The predicted octanol–water partition coefficient (Wildman–Crippen LogP) is 8.56. The molecule has 0 unspecified atom stereocenters. The zero-order chi connectivity index (χ0) is 54.5. The van der Waals surface area contributed by atoms with Gasteiger partial charge in [-0.1, -0.05) is 0 Å². The van der Waals surface area contributed by atoms with Gasteiger partial charge < -0.3 is 46.4 Å². The molecule has 421 valence electrons. The molecule has 4 aliphatic carbocycles. The van der Waals surface area contributed by atoms with Crippen molar-refractivity contribution >= 4 is 77.8 Å². The first kappa shape index (κ1) is 57.0. The van der Waals surface area contributed by atoms with Crippen LogP contribution in [0.5, 0.6) is 0 Å². The Bertz CT molecular complexity index is 3040. The van der Waals surface area contributed by atoms with Crippen LogP contribution in [0.15, 0.2) is 48.8 Å². The number of nitrogens with zero attached hydrogens (tertiary/aromatic N) is 10. The summed E-state index contributed by atoms with van der Waals surface area (Å²) in [6, 6.07) is 7.06. The van der Waals surface area contributed by atoms with E-state index < -0.39 is 29.2 Å². The van der Waals surface area contributed by atoms with Crippen molar-refractivity contribution in [2.24, 2.45) is 23.7 Å². The van der Waals surface area contributed by atoms with Crippen molar-refractivity contribution in [3.05, 3.63) is 72.1 Å². The van der Waals surface area contributed by atoms with E-state index in [4.69, 9.17) is 15.0 Å². The highest BCUT2D eigenvalue weighted by Crippen LogP contribution is 2.40. The number of carbonyl (C=O) groups excluding carboxylic acids is 1. The Morgan fingerprint density at radius 1 is 0.570 bits per heavy atom. The van der Waals surface area contributed by atoms with Crippen LogP contribution in [0.3, 0.4) is 0 Å². The van der Waals surface area contributed by atoms with Crippen molar-refractivity contribution in [2.75, 3.05) is 67.7 Å². The number of imidazole rings is 2. The maximum absolute atomic E-state index is 14.6. The molecule has 1 aliphatic heterocycles. The monoisotopic (exact) mass is 1090 g/mol. The lowest BCUT2D eigenvalue weighted by atomic mass is 9.85. The van der Waals surface area contributed by atoms with E-state index in [0.717, 1.165) is 115 Å². The number of hydrogen-bond acceptors (Lipinski definition) is 15. The SMILES string of the molecule is CN1CCN(C(=O)C2CCC(n3c(Nc4ccc(F)cc4F)nc4cnc(NC5CCC(CO)CC5)nc43)CC2)CC1.O=C(O)C1CCC(n2c(Nc3ccc(F)cc3F)nc3cnc(NC4CCC(CO)CC4)nc32)CC1.[B]. The highest BCUT2D eigenvalue weighted by Gasteiger charge is 2.35. The number of fused-ring (bicyclic) bond motifs is 2. The number of halogens is 4. The number of carboxylic acids is 1. The third-order valence-electron chi connectivity index (χ3n) is 16.7. The molecular formula is C55H70BF4N14O5. The molecule has 4 aromatic heterocycles. The Labute approximate surface area is 458 Å². The molecule has 1 saturated heterocycles. The molecule has 0 atom stereocenters. The normalized spacial score (nSPS) is 24.7. The van der Waals surface area contributed by atoms with E-state index in [1.54, 1.807) is 12.4 Å². The summed E-state index contributed by atoms with van der Waals surface area (Å²) in [5, 5.41) is 41.2. The van der Waals surface area contributed by atoms with Crippen LogP contribution in [0.4, 0.5) is 52.7 Å². The van der Waals surface area contributed by atoms with Gasteiger partial charge in [-0.05, 0) is 146 Å². The van der Waals surface area contributed by atoms with Crippen LogP contribution < -0.4 is 21.3 Å². The number of piperazine rings is 1. The summed E-state index contributed by atoms with van der Waals surface area (Å²) in [4.78, 5) is 56.9. The van der Waals surface area contributed by atoms with Crippen LogP contribution in [-0.4, -0.2) is 143 Å². The van der Waals surface area contributed by atoms with Gasteiger partial charge in [0.05, 0.1) is 29.7 Å². The van der Waals surface area contributed by atoms with E-state index in [9.17, 15) is 42.5 Å². The molecule has 19 nitrogen and oxygen atoms in total. The molecule has 0 spiro atoms. The summed E-state index contributed by atoms with van der Waals surface area (Å²) < 4.78 is 60.0. The number of amides is 1. The van der Waals surface area contributed by atoms with Crippen LogP contribution in [0, 0.1) is 46.9 Å². The van der Waals surface area contributed by atoms with Crippen LogP contribution in [0.1, 0.15) is 115 Å². The number of rotatable bonds is 14. The average Bonchev–Trinajstić information content (AvgIpc) is 4.24. The zero-order valence-corrected chi connectivity index (χ0v) is 44.5. The number of likely N-dealkylation sites (N-methyl/N-ethyl adjacent to an activating group) is 1. The van der Waals surface area contributed by atoms with Gasteiger partial charge in [-0.2, -0.15) is 9.97 Å². The molecule has 7 N–H and O–H groups in total. The van der Waals surface area contributed by atoms with Gasteiger partial charge in [0.2, 0.25) is 29.7 Å². The number of carboxylic acid groups (broad SMARTS) is 1. The molecule has 0 bridgehead atoms. The molecule has 1 amide bonds. The van der Waals surface area contributed by atoms with Crippen LogP contribution >= 0.6 is 0 Å². The van der Waals surface area contributed by atoms with Crippen LogP contribution in [0.2, 0.25) is 0 Å². The molecule has 2 aromatic carbocycles. The first-order chi connectivity index (χ1) is 37.8. The second-order valence-corrected chi connectivity index (χ2v) is 22.0. The topological polar surface area (TPSA) is 237 Å². The smallest absolute Gasteiger partial charge is 0.306 e. The number of aliphatic carboxylic acids is 1. The van der Waals surface area contributed by atoms with E-state index in [1.165, 1.54) is 24.3 Å². The number of aliphatic hydroxyl groups is 2. The van der Waals surface area contributed by atoms with Gasteiger partial charge in [0.1, 0.15) is 34.3 Å². The van der Waals surface area contributed by atoms with E-state index in [2.05, 4.69) is 48.2 Å². The highest BCUT2D eigenvalue weighted by molar-refractivity contribution is 5.80. The fourth-order valence-electron chi connectivity index (χ4n) is 12.0. The largest absolute Gasteiger partial charge is 0.481 e. The Balaban J connectivity index is 0.000000191. The number of benzene rings is 2. The van der Waals surface area contributed by atoms with Gasteiger partial charge in [-0.25, -0.2) is 37.5 Å². The lowest BCUT2D eigenvalue weighted by Crippen LogP contribution is -2.49. The highest BCUT2D eigenvalue weighted by atomic mass is 19.1. The molecule has 3 radical (unpaired) electrons. The van der Waals surface area contributed by atoms with Crippen molar-refractivity contribution in [3.8, 4) is 0 Å². The Kier molecular flexibility index (Phi) is 18.5. The number of carbonyl (C=O) groups is 2. The second-order valence-electron chi connectivity index (χ2n) is 22.0. The van der Waals surface area contributed by atoms with E-state index in [0.29, 0.717) is 83.6 Å². The predicted molar refractivity (Wildman–Crippen MR) is 292 cm³/mol. The minimum atomic E-state index is -0.791. The van der Waals surface area contributed by atoms with E-state index >= 15 is 0 Å². The minimum absolute atomic E-state index is 0. The number of aromatic nitrogens is 8. The maximum atomic E-state index is 14.6. The van der Waals surface area contributed by atoms with Gasteiger partial charge in [0.15, 0.2) is 11.3 Å². The van der Waals surface area contributed by atoms with Crippen molar-refractivity contribution in [2.45, 2.75) is 127 Å². The molecule has 5 aliphatic rings.